The summed E-state index contributed by atoms with van der Waals surface area (Å²) < 4.78 is 5.42. The summed E-state index contributed by atoms with van der Waals surface area (Å²) >= 11 is 0. The van der Waals surface area contributed by atoms with Crippen LogP contribution in [0.4, 0.5) is 17.1 Å². The van der Waals surface area contributed by atoms with E-state index in [-0.39, 0.29) is 0 Å². The summed E-state index contributed by atoms with van der Waals surface area (Å²) in [5.41, 5.74) is 8.04. The molecule has 180 valence electrons. The molecule has 0 amide bonds. The molecule has 0 unspecified atom stereocenters. The quantitative estimate of drug-likeness (QED) is 0.256. The molecule has 38 heavy (non-hydrogen) atoms. The number of rotatable bonds is 4. The molecule has 4 heteroatoms. The van der Waals surface area contributed by atoms with Crippen molar-refractivity contribution in [1.29, 1.82) is 10.5 Å². The molecule has 0 atom stereocenters. The summed E-state index contributed by atoms with van der Waals surface area (Å²) in [4.78, 5) is 2.29. The van der Waals surface area contributed by atoms with E-state index in [0.717, 1.165) is 45.1 Å². The van der Waals surface area contributed by atoms with E-state index in [9.17, 15) is 10.5 Å². The third-order valence-corrected chi connectivity index (χ3v) is 7.32. The van der Waals surface area contributed by atoms with E-state index in [4.69, 9.17) is 4.74 Å². The minimum Gasteiger partial charge on any atom is -0.497 e. The van der Waals surface area contributed by atoms with Crippen molar-refractivity contribution in [2.75, 3.05) is 12.0 Å². The molecule has 0 aliphatic carbocycles. The van der Waals surface area contributed by atoms with Crippen LogP contribution in [0.15, 0.2) is 121 Å². The molecule has 0 saturated carbocycles. The zero-order valence-electron chi connectivity index (χ0n) is 20.8. The predicted octanol–water partition coefficient (Wildman–Crippen LogP) is 7.60. The third-order valence-electron chi connectivity index (χ3n) is 7.32. The first kappa shape index (κ1) is 23.1. The Bertz CT molecular complexity index is 1600. The van der Waals surface area contributed by atoms with E-state index in [1.54, 1.807) is 7.11 Å². The zero-order chi connectivity index (χ0) is 26.1. The van der Waals surface area contributed by atoms with Gasteiger partial charge < -0.3 is 9.64 Å². The van der Waals surface area contributed by atoms with Gasteiger partial charge in [0.25, 0.3) is 0 Å². The van der Waals surface area contributed by atoms with Gasteiger partial charge in [0.05, 0.1) is 47.2 Å². The molecule has 6 rings (SSSR count). The van der Waals surface area contributed by atoms with Crippen LogP contribution in [0.5, 0.6) is 5.75 Å². The van der Waals surface area contributed by atoms with Crippen molar-refractivity contribution in [1.82, 2.24) is 0 Å². The van der Waals surface area contributed by atoms with Crippen LogP contribution in [0.25, 0.3) is 0 Å². The Morgan fingerprint density at radius 3 is 1.45 bits per heavy atom. The van der Waals surface area contributed by atoms with Gasteiger partial charge in [-0.15, -0.1) is 0 Å². The molecule has 5 aromatic rings. The van der Waals surface area contributed by atoms with Crippen molar-refractivity contribution >= 4 is 17.1 Å². The van der Waals surface area contributed by atoms with Crippen LogP contribution in [-0.2, 0) is 5.41 Å². The number of hydrogen-bond acceptors (Lipinski definition) is 4. The maximum atomic E-state index is 9.50. The normalized spacial score (nSPS) is 13.0. The first-order valence-electron chi connectivity index (χ1n) is 12.3. The summed E-state index contributed by atoms with van der Waals surface area (Å²) in [6.45, 7) is 0. The number of para-hydroxylation sites is 2. The van der Waals surface area contributed by atoms with Gasteiger partial charge in [-0.3, -0.25) is 0 Å². The maximum absolute atomic E-state index is 9.50. The van der Waals surface area contributed by atoms with Crippen LogP contribution in [0.1, 0.15) is 33.4 Å². The summed E-state index contributed by atoms with van der Waals surface area (Å²) in [7, 11) is 1.67. The molecule has 4 nitrogen and oxygen atoms in total. The topological polar surface area (TPSA) is 60.0 Å². The lowest BCUT2D eigenvalue weighted by Gasteiger charge is -2.46. The molecule has 0 aromatic heterocycles. The van der Waals surface area contributed by atoms with Crippen LogP contribution < -0.4 is 9.64 Å². The molecule has 0 spiro atoms. The van der Waals surface area contributed by atoms with Crippen LogP contribution in [0.2, 0.25) is 0 Å². The molecular weight excluding hydrogens is 466 g/mol. The lowest BCUT2D eigenvalue weighted by atomic mass is 9.62. The number of benzene rings is 5. The van der Waals surface area contributed by atoms with Gasteiger partial charge in [-0.05, 0) is 82.9 Å². The van der Waals surface area contributed by atoms with Crippen molar-refractivity contribution < 1.29 is 4.74 Å². The average molecular weight is 490 g/mol. The highest BCUT2D eigenvalue weighted by molar-refractivity contribution is 5.89. The molecule has 1 aliphatic rings. The van der Waals surface area contributed by atoms with E-state index in [1.807, 2.05) is 60.7 Å². The Morgan fingerprint density at radius 1 is 0.579 bits per heavy atom. The second-order valence-corrected chi connectivity index (χ2v) is 9.20. The summed E-state index contributed by atoms with van der Waals surface area (Å²) in [5, 5.41) is 19.0. The van der Waals surface area contributed by atoms with E-state index in [0.29, 0.717) is 11.1 Å². The third kappa shape index (κ3) is 3.44. The number of nitriles is 2. The Labute approximate surface area is 222 Å². The van der Waals surface area contributed by atoms with Crippen LogP contribution in [0.3, 0.4) is 0 Å². The average Bonchev–Trinajstić information content (AvgIpc) is 3.00. The van der Waals surface area contributed by atoms with E-state index in [1.165, 1.54) is 0 Å². The van der Waals surface area contributed by atoms with Crippen molar-refractivity contribution in [3.63, 3.8) is 0 Å². The molecule has 1 heterocycles. The van der Waals surface area contributed by atoms with Gasteiger partial charge in [0.1, 0.15) is 5.75 Å². The van der Waals surface area contributed by atoms with Crippen LogP contribution in [0, 0.1) is 22.7 Å². The highest BCUT2D eigenvalue weighted by Crippen LogP contribution is 2.57. The Kier molecular flexibility index (Phi) is 5.64. The molecule has 0 bridgehead atoms. The second kappa shape index (κ2) is 9.28. The van der Waals surface area contributed by atoms with Gasteiger partial charge in [0.15, 0.2) is 0 Å². The smallest absolute Gasteiger partial charge is 0.119 e. The van der Waals surface area contributed by atoms with Gasteiger partial charge in [0, 0.05) is 5.69 Å². The van der Waals surface area contributed by atoms with Gasteiger partial charge in [0.2, 0.25) is 0 Å². The van der Waals surface area contributed by atoms with Gasteiger partial charge in [-0.1, -0.05) is 60.7 Å². The van der Waals surface area contributed by atoms with E-state index >= 15 is 0 Å². The van der Waals surface area contributed by atoms with E-state index < -0.39 is 5.41 Å². The minimum absolute atomic E-state index is 0.612. The Morgan fingerprint density at radius 2 is 1.03 bits per heavy atom. The van der Waals surface area contributed by atoms with Gasteiger partial charge in [-0.25, -0.2) is 0 Å². The lowest BCUT2D eigenvalue weighted by molar-refractivity contribution is 0.415. The van der Waals surface area contributed by atoms with Gasteiger partial charge in [-0.2, -0.15) is 10.5 Å². The van der Waals surface area contributed by atoms with Crippen molar-refractivity contribution in [3.8, 4) is 17.9 Å². The number of hydrogen-bond donors (Lipinski definition) is 0. The zero-order valence-corrected chi connectivity index (χ0v) is 20.8. The largest absolute Gasteiger partial charge is 0.497 e. The fourth-order valence-corrected chi connectivity index (χ4v) is 5.63. The second-order valence-electron chi connectivity index (χ2n) is 9.20. The summed E-state index contributed by atoms with van der Waals surface area (Å²) in [6, 6.07) is 45.2. The Hall–Kier alpha value is -5.32. The monoisotopic (exact) mass is 489 g/mol. The van der Waals surface area contributed by atoms with E-state index in [2.05, 4.69) is 77.7 Å². The van der Waals surface area contributed by atoms with Crippen LogP contribution in [-0.4, -0.2) is 7.11 Å². The number of nitrogens with zero attached hydrogens (tertiary/aromatic N) is 3. The summed E-state index contributed by atoms with van der Waals surface area (Å²) in [6.07, 6.45) is 0. The van der Waals surface area contributed by atoms with Crippen molar-refractivity contribution in [3.05, 3.63) is 155 Å². The molecule has 0 saturated heterocycles. The summed E-state index contributed by atoms with van der Waals surface area (Å²) in [5.74, 6) is 0.803. The molecular formula is C34H23N3O. The number of anilines is 3. The lowest BCUT2D eigenvalue weighted by Crippen LogP contribution is -2.37. The molecule has 0 fully saturated rings. The van der Waals surface area contributed by atoms with Crippen molar-refractivity contribution in [2.24, 2.45) is 0 Å². The van der Waals surface area contributed by atoms with Crippen molar-refractivity contribution in [2.45, 2.75) is 5.41 Å². The van der Waals surface area contributed by atoms with Crippen LogP contribution >= 0.6 is 0 Å². The first-order chi connectivity index (χ1) is 18.7. The highest BCUT2D eigenvalue weighted by Gasteiger charge is 2.46. The number of ether oxygens (including phenoxy) is 1. The standard InChI is InChI=1S/C34H23N3O/c1-38-29-20-18-28(19-21-29)37-32-8-4-2-6-30(32)34(31-7-3-5-9-33(31)37,26-14-10-24(22-35)11-15-26)27-16-12-25(23-36)13-17-27/h2-21H,1H3. The molecule has 1 aliphatic heterocycles. The number of methoxy groups -OCH3 is 1. The molecule has 0 radical (unpaired) electrons. The Balaban J connectivity index is 1.72. The fraction of sp³-hybridized carbons (Fsp3) is 0.0588. The minimum atomic E-state index is -0.669. The maximum Gasteiger partial charge on any atom is 0.119 e. The molecule has 5 aromatic carbocycles. The fourth-order valence-electron chi connectivity index (χ4n) is 5.63. The first-order valence-corrected chi connectivity index (χ1v) is 12.3. The number of fused-ring (bicyclic) bond motifs is 2. The molecule has 0 N–H and O–H groups in total. The highest BCUT2D eigenvalue weighted by atomic mass is 16.5. The predicted molar refractivity (Wildman–Crippen MR) is 149 cm³/mol. The van der Waals surface area contributed by atoms with Gasteiger partial charge >= 0.3 is 0 Å². The SMILES string of the molecule is COc1ccc(N2c3ccccc3C(c3ccc(C#N)cc3)(c3ccc(C#N)cc3)c3ccccc32)cc1.